The number of ether oxygens (including phenoxy) is 1. The number of benzene rings is 1. The molecule has 21 heavy (non-hydrogen) atoms. The molecule has 6 heteroatoms. The van der Waals surface area contributed by atoms with Crippen LogP contribution in [0.25, 0.3) is 0 Å². The normalized spacial score (nSPS) is 21.6. The number of nitrogen functional groups attached to an aromatic ring is 1. The fourth-order valence-corrected chi connectivity index (χ4v) is 3.24. The monoisotopic (exact) mass is 354 g/mol. The van der Waals surface area contributed by atoms with Gasteiger partial charge in [-0.05, 0) is 53.7 Å². The maximum Gasteiger partial charge on any atom is 0.308 e. The van der Waals surface area contributed by atoms with Crippen LogP contribution in [0.15, 0.2) is 22.7 Å². The number of rotatable bonds is 3. The van der Waals surface area contributed by atoms with Gasteiger partial charge in [0.15, 0.2) is 0 Å². The molecular formula is C15H19BrN2O3. The minimum atomic E-state index is -0.179. The van der Waals surface area contributed by atoms with Crippen molar-refractivity contribution in [2.24, 2.45) is 5.92 Å². The highest BCUT2D eigenvalue weighted by atomic mass is 79.9. The second-order valence-electron chi connectivity index (χ2n) is 5.25. The largest absolute Gasteiger partial charge is 0.469 e. The van der Waals surface area contributed by atoms with Gasteiger partial charge in [-0.25, -0.2) is 0 Å². The SMILES string of the molecule is COC(=O)C1CCC(NC(=O)c2c(N)cccc2Br)CC1. The molecule has 3 N–H and O–H groups in total. The summed E-state index contributed by atoms with van der Waals surface area (Å²) in [6.07, 6.45) is 3.03. The molecule has 2 rings (SSSR count). The lowest BCUT2D eigenvalue weighted by Crippen LogP contribution is -2.39. The van der Waals surface area contributed by atoms with Crippen molar-refractivity contribution in [3.8, 4) is 0 Å². The molecule has 5 nitrogen and oxygen atoms in total. The van der Waals surface area contributed by atoms with Crippen LogP contribution < -0.4 is 11.1 Å². The van der Waals surface area contributed by atoms with E-state index in [9.17, 15) is 9.59 Å². The lowest BCUT2D eigenvalue weighted by atomic mass is 9.86. The number of nitrogens with one attached hydrogen (secondary N) is 1. The van der Waals surface area contributed by atoms with Gasteiger partial charge in [0.05, 0.1) is 18.6 Å². The van der Waals surface area contributed by atoms with Crippen LogP contribution in [0.2, 0.25) is 0 Å². The van der Waals surface area contributed by atoms with Crippen molar-refractivity contribution in [2.75, 3.05) is 12.8 Å². The number of hydrogen-bond donors (Lipinski definition) is 2. The van der Waals surface area contributed by atoms with Crippen molar-refractivity contribution < 1.29 is 14.3 Å². The number of carbonyl (C=O) groups excluding carboxylic acids is 2. The molecule has 1 saturated carbocycles. The van der Waals surface area contributed by atoms with Crippen LogP contribution in [0, 0.1) is 5.92 Å². The van der Waals surface area contributed by atoms with E-state index in [4.69, 9.17) is 10.5 Å². The van der Waals surface area contributed by atoms with Gasteiger partial charge in [0, 0.05) is 16.2 Å². The van der Waals surface area contributed by atoms with Crippen LogP contribution in [0.1, 0.15) is 36.0 Å². The molecule has 114 valence electrons. The van der Waals surface area contributed by atoms with E-state index in [2.05, 4.69) is 21.2 Å². The predicted molar refractivity (Wildman–Crippen MR) is 83.8 cm³/mol. The van der Waals surface area contributed by atoms with E-state index >= 15 is 0 Å². The van der Waals surface area contributed by atoms with Gasteiger partial charge in [-0.1, -0.05) is 6.07 Å². The molecule has 1 amide bonds. The summed E-state index contributed by atoms with van der Waals surface area (Å²) in [4.78, 5) is 23.8. The van der Waals surface area contributed by atoms with E-state index in [1.54, 1.807) is 18.2 Å². The maximum atomic E-state index is 12.3. The van der Waals surface area contributed by atoms with Gasteiger partial charge in [-0.15, -0.1) is 0 Å². The number of anilines is 1. The van der Waals surface area contributed by atoms with Crippen molar-refractivity contribution in [3.63, 3.8) is 0 Å². The Bertz CT molecular complexity index is 519. The molecule has 0 saturated heterocycles. The fourth-order valence-electron chi connectivity index (χ4n) is 2.68. The molecule has 1 aliphatic rings. The van der Waals surface area contributed by atoms with Crippen molar-refractivity contribution in [1.82, 2.24) is 5.32 Å². The summed E-state index contributed by atoms with van der Waals surface area (Å²) < 4.78 is 5.44. The molecule has 0 spiro atoms. The summed E-state index contributed by atoms with van der Waals surface area (Å²) >= 11 is 3.35. The van der Waals surface area contributed by atoms with E-state index in [0.717, 1.165) is 25.7 Å². The highest BCUT2D eigenvalue weighted by Gasteiger charge is 2.28. The molecule has 1 fully saturated rings. The molecule has 0 atom stereocenters. The molecule has 0 radical (unpaired) electrons. The maximum absolute atomic E-state index is 12.3. The topological polar surface area (TPSA) is 81.4 Å². The number of halogens is 1. The van der Waals surface area contributed by atoms with Crippen molar-refractivity contribution in [3.05, 3.63) is 28.2 Å². The van der Waals surface area contributed by atoms with Crippen LogP contribution in [0.5, 0.6) is 0 Å². The van der Waals surface area contributed by atoms with Gasteiger partial charge in [0.2, 0.25) is 0 Å². The number of carbonyl (C=O) groups is 2. The summed E-state index contributed by atoms with van der Waals surface area (Å²) in [7, 11) is 1.41. The highest BCUT2D eigenvalue weighted by Crippen LogP contribution is 2.27. The number of esters is 1. The zero-order valence-electron chi connectivity index (χ0n) is 11.9. The lowest BCUT2D eigenvalue weighted by molar-refractivity contribution is -0.146. The Balaban J connectivity index is 1.95. The Labute approximate surface area is 132 Å². The summed E-state index contributed by atoms with van der Waals surface area (Å²) in [5, 5.41) is 2.99. The van der Waals surface area contributed by atoms with Crippen molar-refractivity contribution in [2.45, 2.75) is 31.7 Å². The molecule has 1 aromatic carbocycles. The third kappa shape index (κ3) is 3.75. The highest BCUT2D eigenvalue weighted by molar-refractivity contribution is 9.10. The average molecular weight is 355 g/mol. The van der Waals surface area contributed by atoms with Gasteiger partial charge >= 0.3 is 5.97 Å². The minimum absolute atomic E-state index is 0.0447. The van der Waals surface area contributed by atoms with Crippen LogP contribution in [-0.4, -0.2) is 25.0 Å². The standard InChI is InChI=1S/C15H19BrN2O3/c1-21-15(20)9-5-7-10(8-6-9)18-14(19)13-11(16)3-2-4-12(13)17/h2-4,9-10H,5-8,17H2,1H3,(H,18,19). The third-order valence-electron chi connectivity index (χ3n) is 3.87. The van der Waals surface area contributed by atoms with E-state index in [0.29, 0.717) is 15.7 Å². The minimum Gasteiger partial charge on any atom is -0.469 e. The van der Waals surface area contributed by atoms with Crippen molar-refractivity contribution >= 4 is 33.5 Å². The van der Waals surface area contributed by atoms with Gasteiger partial charge < -0.3 is 15.8 Å². The number of methoxy groups -OCH3 is 1. The first-order valence-electron chi connectivity index (χ1n) is 6.95. The summed E-state index contributed by atoms with van der Waals surface area (Å²) in [5.74, 6) is -0.381. The Morgan fingerprint density at radius 1 is 1.29 bits per heavy atom. The predicted octanol–water partition coefficient (Wildman–Crippen LogP) is 2.49. The van der Waals surface area contributed by atoms with Gasteiger partial charge in [-0.3, -0.25) is 9.59 Å². The van der Waals surface area contributed by atoms with E-state index in [-0.39, 0.29) is 23.8 Å². The van der Waals surface area contributed by atoms with Crippen LogP contribution in [0.3, 0.4) is 0 Å². The van der Waals surface area contributed by atoms with Gasteiger partial charge in [-0.2, -0.15) is 0 Å². The van der Waals surface area contributed by atoms with Gasteiger partial charge in [0.25, 0.3) is 5.91 Å². The first-order chi connectivity index (χ1) is 10.0. The smallest absolute Gasteiger partial charge is 0.308 e. The number of nitrogens with two attached hydrogens (primary N) is 1. The lowest BCUT2D eigenvalue weighted by Gasteiger charge is -2.27. The zero-order valence-corrected chi connectivity index (χ0v) is 13.5. The molecule has 0 heterocycles. The van der Waals surface area contributed by atoms with E-state index in [1.807, 2.05) is 0 Å². The zero-order chi connectivity index (χ0) is 15.4. The Kier molecular flexibility index (Phi) is 5.22. The second-order valence-corrected chi connectivity index (χ2v) is 6.10. The summed E-state index contributed by atoms with van der Waals surface area (Å²) in [5.41, 5.74) is 6.77. The first-order valence-corrected chi connectivity index (χ1v) is 7.75. The number of hydrogen-bond acceptors (Lipinski definition) is 4. The molecule has 0 aliphatic heterocycles. The molecule has 1 aromatic rings. The Morgan fingerprint density at radius 2 is 1.95 bits per heavy atom. The summed E-state index contributed by atoms with van der Waals surface area (Å²) in [6, 6.07) is 5.36. The van der Waals surface area contributed by atoms with Crippen LogP contribution >= 0.6 is 15.9 Å². The molecular weight excluding hydrogens is 336 g/mol. The van der Waals surface area contributed by atoms with E-state index in [1.165, 1.54) is 7.11 Å². The third-order valence-corrected chi connectivity index (χ3v) is 4.53. The van der Waals surface area contributed by atoms with E-state index < -0.39 is 0 Å². The Morgan fingerprint density at radius 3 is 2.52 bits per heavy atom. The fraction of sp³-hybridized carbons (Fsp3) is 0.467. The average Bonchev–Trinajstić information content (AvgIpc) is 2.47. The molecule has 0 unspecified atom stereocenters. The van der Waals surface area contributed by atoms with Crippen LogP contribution in [0.4, 0.5) is 5.69 Å². The van der Waals surface area contributed by atoms with Crippen molar-refractivity contribution in [1.29, 1.82) is 0 Å². The van der Waals surface area contributed by atoms with Gasteiger partial charge in [0.1, 0.15) is 0 Å². The number of amides is 1. The molecule has 1 aliphatic carbocycles. The quantitative estimate of drug-likeness (QED) is 0.645. The molecule has 0 aromatic heterocycles. The second kappa shape index (κ2) is 6.93. The summed E-state index contributed by atoms with van der Waals surface area (Å²) in [6.45, 7) is 0. The van der Waals surface area contributed by atoms with Crippen LogP contribution in [-0.2, 0) is 9.53 Å². The first kappa shape index (κ1) is 15.8. The Hall–Kier alpha value is -1.56. The molecule has 0 bridgehead atoms.